The van der Waals surface area contributed by atoms with E-state index in [2.05, 4.69) is 32.9 Å². The first-order chi connectivity index (χ1) is 11.5. The molecule has 138 valence electrons. The van der Waals surface area contributed by atoms with Crippen LogP contribution in [0.25, 0.3) is 0 Å². The highest BCUT2D eigenvalue weighted by molar-refractivity contribution is 5.11. The van der Waals surface area contributed by atoms with Crippen molar-refractivity contribution in [1.82, 2.24) is 0 Å². The standard InChI is InChI=1S/C21H36O3/c1-17(2)7-4-8-18(3)9-5-11-20(16-23)12-6-13-21(20)19(15-22)10-14-24-21/h7,9,19,22-23H,4-6,8,10-16H2,1-3H3/b18-9+/t19-,20-,21-/m1/s1. The second-order valence-electron chi connectivity index (χ2n) is 8.11. The van der Waals surface area contributed by atoms with Gasteiger partial charge in [-0.25, -0.2) is 0 Å². The Morgan fingerprint density at radius 3 is 2.58 bits per heavy atom. The predicted octanol–water partition coefficient (Wildman–Crippen LogP) is 4.39. The van der Waals surface area contributed by atoms with Crippen LogP contribution in [0.3, 0.4) is 0 Å². The maximum absolute atomic E-state index is 10.2. The van der Waals surface area contributed by atoms with Gasteiger partial charge in [0.2, 0.25) is 0 Å². The molecule has 0 aromatic heterocycles. The SMILES string of the molecule is CC(C)=CCC/C(C)=C/CC[C@]1(CO)CCC[C@]12OCC[C@@H]2CO. The largest absolute Gasteiger partial charge is 0.396 e. The molecule has 3 heteroatoms. The Balaban J connectivity index is 1.99. The number of ether oxygens (including phenoxy) is 1. The van der Waals surface area contributed by atoms with Gasteiger partial charge < -0.3 is 14.9 Å². The highest BCUT2D eigenvalue weighted by Gasteiger charge is 2.60. The highest BCUT2D eigenvalue weighted by atomic mass is 16.5. The molecule has 24 heavy (non-hydrogen) atoms. The van der Waals surface area contributed by atoms with Gasteiger partial charge >= 0.3 is 0 Å². The molecule has 1 aliphatic carbocycles. The van der Waals surface area contributed by atoms with Crippen LogP contribution in [0.1, 0.15) is 72.1 Å². The van der Waals surface area contributed by atoms with Crippen LogP contribution in [-0.2, 0) is 4.74 Å². The Bertz CT molecular complexity index is 460. The van der Waals surface area contributed by atoms with E-state index in [1.54, 1.807) is 0 Å². The summed E-state index contributed by atoms with van der Waals surface area (Å²) in [6.07, 6.45) is 12.8. The minimum Gasteiger partial charge on any atom is -0.396 e. The van der Waals surface area contributed by atoms with Crippen molar-refractivity contribution < 1.29 is 14.9 Å². The van der Waals surface area contributed by atoms with Gasteiger partial charge in [-0.3, -0.25) is 0 Å². The van der Waals surface area contributed by atoms with Gasteiger partial charge in [0.15, 0.2) is 0 Å². The smallest absolute Gasteiger partial charge is 0.0811 e. The number of allylic oxidation sites excluding steroid dienone is 4. The molecule has 2 rings (SSSR count). The van der Waals surface area contributed by atoms with Crippen LogP contribution in [0.4, 0.5) is 0 Å². The van der Waals surface area contributed by atoms with Crippen molar-refractivity contribution in [2.45, 2.75) is 77.7 Å². The van der Waals surface area contributed by atoms with E-state index >= 15 is 0 Å². The summed E-state index contributed by atoms with van der Waals surface area (Å²) in [7, 11) is 0. The van der Waals surface area contributed by atoms with Gasteiger partial charge in [-0.1, -0.05) is 23.3 Å². The molecule has 1 saturated carbocycles. The van der Waals surface area contributed by atoms with E-state index in [-0.39, 0.29) is 30.1 Å². The summed E-state index contributed by atoms with van der Waals surface area (Å²) in [5.41, 5.74) is 2.34. The minimum atomic E-state index is -0.291. The van der Waals surface area contributed by atoms with Crippen LogP contribution in [0.2, 0.25) is 0 Å². The van der Waals surface area contributed by atoms with Crippen molar-refractivity contribution in [3.63, 3.8) is 0 Å². The average molecular weight is 337 g/mol. The number of aliphatic hydroxyl groups is 2. The maximum Gasteiger partial charge on any atom is 0.0811 e. The van der Waals surface area contributed by atoms with Crippen LogP contribution in [0, 0.1) is 11.3 Å². The third-order valence-electron chi connectivity index (χ3n) is 6.32. The number of hydrogen-bond acceptors (Lipinski definition) is 3. The van der Waals surface area contributed by atoms with E-state index in [0.29, 0.717) is 0 Å². The summed E-state index contributed by atoms with van der Waals surface area (Å²) >= 11 is 0. The minimum absolute atomic E-state index is 0.173. The molecular formula is C21H36O3. The third-order valence-corrected chi connectivity index (χ3v) is 6.32. The van der Waals surface area contributed by atoms with E-state index in [9.17, 15) is 10.2 Å². The normalized spacial score (nSPS) is 33.4. The molecule has 2 aliphatic rings. The second-order valence-corrected chi connectivity index (χ2v) is 8.11. The molecule has 1 saturated heterocycles. The lowest BCUT2D eigenvalue weighted by molar-refractivity contribution is -0.133. The Hall–Kier alpha value is -0.640. The first-order valence-corrected chi connectivity index (χ1v) is 9.64. The zero-order chi connectivity index (χ0) is 17.6. The average Bonchev–Trinajstić information content (AvgIpc) is 3.13. The molecule has 2 fully saturated rings. The van der Waals surface area contributed by atoms with Crippen molar-refractivity contribution in [3.05, 3.63) is 23.3 Å². The maximum atomic E-state index is 10.2. The molecular weight excluding hydrogens is 300 g/mol. The van der Waals surface area contributed by atoms with Gasteiger partial charge in [0.25, 0.3) is 0 Å². The molecule has 3 atom stereocenters. The summed E-state index contributed by atoms with van der Waals surface area (Å²) in [5.74, 6) is 0.190. The van der Waals surface area contributed by atoms with Crippen LogP contribution in [-0.4, -0.2) is 35.6 Å². The fourth-order valence-corrected chi connectivity index (χ4v) is 4.92. The molecule has 1 aliphatic heterocycles. The molecule has 0 unspecified atom stereocenters. The fraction of sp³-hybridized carbons (Fsp3) is 0.810. The zero-order valence-corrected chi connectivity index (χ0v) is 15.8. The van der Waals surface area contributed by atoms with Crippen LogP contribution < -0.4 is 0 Å². The lowest BCUT2D eigenvalue weighted by Gasteiger charge is -2.45. The number of aliphatic hydroxyl groups excluding tert-OH is 2. The lowest BCUT2D eigenvalue weighted by atomic mass is 9.66. The topological polar surface area (TPSA) is 49.7 Å². The monoisotopic (exact) mass is 336 g/mol. The zero-order valence-electron chi connectivity index (χ0n) is 15.8. The van der Waals surface area contributed by atoms with E-state index in [1.807, 2.05) is 0 Å². The first-order valence-electron chi connectivity index (χ1n) is 9.64. The van der Waals surface area contributed by atoms with E-state index in [0.717, 1.165) is 58.0 Å². The van der Waals surface area contributed by atoms with E-state index in [1.165, 1.54) is 11.1 Å². The van der Waals surface area contributed by atoms with E-state index in [4.69, 9.17) is 4.74 Å². The van der Waals surface area contributed by atoms with Crippen molar-refractivity contribution >= 4 is 0 Å². The van der Waals surface area contributed by atoms with E-state index < -0.39 is 0 Å². The highest BCUT2D eigenvalue weighted by Crippen LogP contribution is 2.58. The molecule has 0 amide bonds. The second kappa shape index (κ2) is 8.64. The molecule has 1 heterocycles. The first kappa shape index (κ1) is 19.7. The van der Waals surface area contributed by atoms with Crippen molar-refractivity contribution in [2.24, 2.45) is 11.3 Å². The fourth-order valence-electron chi connectivity index (χ4n) is 4.92. The molecule has 3 nitrogen and oxygen atoms in total. The van der Waals surface area contributed by atoms with Gasteiger partial charge in [-0.15, -0.1) is 0 Å². The quantitative estimate of drug-likeness (QED) is 0.646. The summed E-state index contributed by atoms with van der Waals surface area (Å²) in [6.45, 7) is 7.57. The molecule has 0 aromatic rings. The van der Waals surface area contributed by atoms with Crippen LogP contribution in [0.5, 0.6) is 0 Å². The molecule has 0 radical (unpaired) electrons. The molecule has 1 spiro atoms. The number of rotatable bonds is 8. The van der Waals surface area contributed by atoms with Crippen molar-refractivity contribution in [1.29, 1.82) is 0 Å². The summed E-state index contributed by atoms with van der Waals surface area (Å²) in [5, 5.41) is 20.0. The van der Waals surface area contributed by atoms with Gasteiger partial charge in [-0.2, -0.15) is 0 Å². The Morgan fingerprint density at radius 2 is 1.92 bits per heavy atom. The summed E-state index contributed by atoms with van der Waals surface area (Å²) in [6, 6.07) is 0. The summed E-state index contributed by atoms with van der Waals surface area (Å²) < 4.78 is 6.21. The Labute approximate surface area is 147 Å². The predicted molar refractivity (Wildman–Crippen MR) is 98.9 cm³/mol. The Kier molecular flexibility index (Phi) is 7.09. The van der Waals surface area contributed by atoms with Gasteiger partial charge in [0, 0.05) is 24.5 Å². The van der Waals surface area contributed by atoms with Crippen molar-refractivity contribution in [2.75, 3.05) is 19.8 Å². The lowest BCUT2D eigenvalue weighted by Crippen LogP contribution is -2.51. The van der Waals surface area contributed by atoms with Gasteiger partial charge in [0.1, 0.15) is 0 Å². The Morgan fingerprint density at radius 1 is 1.12 bits per heavy atom. The summed E-state index contributed by atoms with van der Waals surface area (Å²) in [4.78, 5) is 0. The van der Waals surface area contributed by atoms with Crippen LogP contribution in [0.15, 0.2) is 23.3 Å². The number of hydrogen-bond donors (Lipinski definition) is 2. The van der Waals surface area contributed by atoms with Gasteiger partial charge in [-0.05, 0) is 72.1 Å². The molecule has 2 N–H and O–H groups in total. The molecule has 0 aromatic carbocycles. The molecule has 0 bridgehead atoms. The van der Waals surface area contributed by atoms with Gasteiger partial charge in [0.05, 0.1) is 12.2 Å². The van der Waals surface area contributed by atoms with Crippen LogP contribution >= 0.6 is 0 Å². The third kappa shape index (κ3) is 3.95. The van der Waals surface area contributed by atoms with Crippen molar-refractivity contribution in [3.8, 4) is 0 Å².